The van der Waals surface area contributed by atoms with Crippen molar-refractivity contribution in [2.75, 3.05) is 23.7 Å². The van der Waals surface area contributed by atoms with Gasteiger partial charge in [-0.15, -0.1) is 0 Å². The van der Waals surface area contributed by atoms with Crippen LogP contribution in [-0.4, -0.2) is 47.5 Å². The van der Waals surface area contributed by atoms with E-state index in [2.05, 4.69) is 31.9 Å². The summed E-state index contributed by atoms with van der Waals surface area (Å²) in [5.74, 6) is -0.602. The van der Waals surface area contributed by atoms with E-state index in [1.807, 2.05) is 45.0 Å². The number of nitrogens with zero attached hydrogens (tertiary/aromatic N) is 1. The fourth-order valence-corrected chi connectivity index (χ4v) is 6.28. The van der Waals surface area contributed by atoms with Gasteiger partial charge in [0.05, 0.1) is 5.56 Å². The number of likely N-dealkylation sites (tertiary alicyclic amines) is 1. The van der Waals surface area contributed by atoms with Gasteiger partial charge in [-0.25, -0.2) is 4.79 Å². The third-order valence-electron chi connectivity index (χ3n) is 7.42. The molecule has 0 saturated carbocycles. The second kappa shape index (κ2) is 12.4. The molecule has 3 aromatic rings. The number of rotatable bonds is 6. The van der Waals surface area contributed by atoms with Crippen LogP contribution in [0.1, 0.15) is 55.1 Å². The van der Waals surface area contributed by atoms with E-state index in [0.29, 0.717) is 45.6 Å². The van der Waals surface area contributed by atoms with Crippen LogP contribution in [0.5, 0.6) is 0 Å². The minimum Gasteiger partial charge on any atom is -0.444 e. The Hall–Kier alpha value is -3.27. The third kappa shape index (κ3) is 7.11. The Labute approximate surface area is 269 Å². The molecule has 2 aliphatic rings. The Morgan fingerprint density at radius 3 is 2.60 bits per heavy atom. The third-order valence-corrected chi connectivity index (χ3v) is 8.38. The minimum atomic E-state index is -1.27. The number of carbonyl (C=O) groups excluding carboxylic acids is 3. The SMILES string of the molecule is CC(C)(C)OC(=O)N1CCCC(NC(=O)c2ccc(Br)cc2NC2(Cc3cccc(Cl)c3)C(=O)Nc3cc(Cl)ccc32)C1. The molecule has 0 aromatic heterocycles. The zero-order valence-corrected chi connectivity index (χ0v) is 27.2. The van der Waals surface area contributed by atoms with E-state index < -0.39 is 17.2 Å². The van der Waals surface area contributed by atoms with Gasteiger partial charge in [-0.1, -0.05) is 57.3 Å². The number of anilines is 2. The number of benzene rings is 3. The maximum absolute atomic E-state index is 13.8. The molecule has 2 aliphatic heterocycles. The lowest BCUT2D eigenvalue weighted by Crippen LogP contribution is -2.51. The van der Waals surface area contributed by atoms with Crippen LogP contribution in [0.2, 0.25) is 10.0 Å². The lowest BCUT2D eigenvalue weighted by Gasteiger charge is -2.35. The summed E-state index contributed by atoms with van der Waals surface area (Å²) in [6.07, 6.45) is 1.32. The van der Waals surface area contributed by atoms with Gasteiger partial charge in [0.1, 0.15) is 11.1 Å². The Morgan fingerprint density at radius 1 is 1.09 bits per heavy atom. The summed E-state index contributed by atoms with van der Waals surface area (Å²) in [6, 6.07) is 17.6. The molecule has 2 atom stereocenters. The first-order valence-electron chi connectivity index (χ1n) is 14.1. The summed E-state index contributed by atoms with van der Waals surface area (Å²) < 4.78 is 6.27. The van der Waals surface area contributed by atoms with Crippen LogP contribution in [0.15, 0.2) is 65.1 Å². The average molecular weight is 688 g/mol. The Balaban J connectivity index is 1.45. The number of fused-ring (bicyclic) bond motifs is 1. The number of ether oxygens (including phenoxy) is 1. The van der Waals surface area contributed by atoms with Crippen molar-refractivity contribution in [3.63, 3.8) is 0 Å². The van der Waals surface area contributed by atoms with E-state index >= 15 is 0 Å². The largest absolute Gasteiger partial charge is 0.444 e. The fraction of sp³-hybridized carbons (Fsp3) is 0.344. The molecular weight excluding hydrogens is 655 g/mol. The zero-order valence-electron chi connectivity index (χ0n) is 24.1. The molecule has 3 N–H and O–H groups in total. The summed E-state index contributed by atoms with van der Waals surface area (Å²) in [7, 11) is 0. The number of nitrogens with one attached hydrogen (secondary N) is 3. The lowest BCUT2D eigenvalue weighted by molar-refractivity contribution is -0.119. The maximum Gasteiger partial charge on any atom is 0.410 e. The number of carbonyl (C=O) groups is 3. The summed E-state index contributed by atoms with van der Waals surface area (Å²) in [5, 5.41) is 10.6. The normalized spacial score (nSPS) is 19.8. The van der Waals surface area contributed by atoms with Crippen molar-refractivity contribution in [3.05, 3.63) is 91.9 Å². The van der Waals surface area contributed by atoms with Gasteiger partial charge in [0.2, 0.25) is 0 Å². The highest BCUT2D eigenvalue weighted by Crippen LogP contribution is 2.43. The molecule has 0 spiro atoms. The molecule has 8 nitrogen and oxygen atoms in total. The molecule has 0 radical (unpaired) electrons. The molecule has 0 aliphatic carbocycles. The maximum atomic E-state index is 13.8. The van der Waals surface area contributed by atoms with Crippen LogP contribution in [0.4, 0.5) is 16.2 Å². The summed E-state index contributed by atoms with van der Waals surface area (Å²) in [4.78, 5) is 41.9. The Morgan fingerprint density at radius 2 is 1.86 bits per heavy atom. The van der Waals surface area contributed by atoms with Crippen LogP contribution in [-0.2, 0) is 21.5 Å². The van der Waals surface area contributed by atoms with Crippen LogP contribution < -0.4 is 16.0 Å². The second-order valence-electron chi connectivity index (χ2n) is 11.9. The standard InChI is InChI=1S/C32H33BrCl2N4O4/c1-31(2,3)43-30(42)39-13-5-8-23(18-39)36-28(40)24-11-9-20(33)15-26(24)38-32(17-19-6-4-7-21(34)14-19)25-12-10-22(35)16-27(25)37-29(32)41/h4,6-7,9-12,14-16,23,38H,5,8,13,17-18H2,1-3H3,(H,36,40)(H,37,41). The fourth-order valence-electron chi connectivity index (χ4n) is 5.54. The number of piperidine rings is 1. The summed E-state index contributed by atoms with van der Waals surface area (Å²) >= 11 is 16.1. The molecular formula is C32H33BrCl2N4O4. The highest BCUT2D eigenvalue weighted by atomic mass is 79.9. The van der Waals surface area contributed by atoms with Gasteiger partial charge in [0, 0.05) is 57.0 Å². The van der Waals surface area contributed by atoms with Crippen molar-refractivity contribution >= 4 is 68.4 Å². The van der Waals surface area contributed by atoms with Crippen molar-refractivity contribution in [2.24, 2.45) is 0 Å². The van der Waals surface area contributed by atoms with E-state index in [9.17, 15) is 14.4 Å². The second-order valence-corrected chi connectivity index (χ2v) is 13.7. The first kappa shape index (κ1) is 31.2. The molecule has 1 saturated heterocycles. The first-order chi connectivity index (χ1) is 20.3. The highest BCUT2D eigenvalue weighted by molar-refractivity contribution is 9.10. The summed E-state index contributed by atoms with van der Waals surface area (Å²) in [6.45, 7) is 6.39. The van der Waals surface area contributed by atoms with Gasteiger partial charge < -0.3 is 25.6 Å². The smallest absolute Gasteiger partial charge is 0.410 e. The molecule has 3 aromatic carbocycles. The molecule has 226 valence electrons. The van der Waals surface area contributed by atoms with Gasteiger partial charge >= 0.3 is 6.09 Å². The summed E-state index contributed by atoms with van der Waals surface area (Å²) in [5.41, 5.74) is 1.08. The van der Waals surface area contributed by atoms with Crippen molar-refractivity contribution in [3.8, 4) is 0 Å². The lowest BCUT2D eigenvalue weighted by atomic mass is 9.84. The van der Waals surface area contributed by atoms with Crippen LogP contribution in [0.25, 0.3) is 0 Å². The topological polar surface area (TPSA) is 99.8 Å². The molecule has 43 heavy (non-hydrogen) atoms. The molecule has 2 heterocycles. The number of hydrogen-bond acceptors (Lipinski definition) is 5. The predicted octanol–water partition coefficient (Wildman–Crippen LogP) is 7.39. The van der Waals surface area contributed by atoms with E-state index in [1.165, 1.54) is 0 Å². The van der Waals surface area contributed by atoms with Crippen LogP contribution in [0.3, 0.4) is 0 Å². The minimum absolute atomic E-state index is 0.259. The Kier molecular flexibility index (Phi) is 8.97. The van der Waals surface area contributed by atoms with Crippen LogP contribution >= 0.6 is 39.1 Å². The van der Waals surface area contributed by atoms with Gasteiger partial charge in [-0.2, -0.15) is 0 Å². The van der Waals surface area contributed by atoms with Gasteiger partial charge in [-0.3, -0.25) is 9.59 Å². The van der Waals surface area contributed by atoms with E-state index in [-0.39, 0.29) is 24.3 Å². The molecule has 3 amide bonds. The average Bonchev–Trinajstić information content (AvgIpc) is 3.17. The number of halogens is 3. The molecule has 11 heteroatoms. The van der Waals surface area contributed by atoms with Crippen molar-refractivity contribution in [1.29, 1.82) is 0 Å². The molecule has 5 rings (SSSR count). The van der Waals surface area contributed by atoms with Gasteiger partial charge in [0.25, 0.3) is 11.8 Å². The van der Waals surface area contributed by atoms with Gasteiger partial charge in [0.15, 0.2) is 0 Å². The van der Waals surface area contributed by atoms with Crippen LogP contribution in [0, 0.1) is 0 Å². The van der Waals surface area contributed by atoms with E-state index in [4.69, 9.17) is 27.9 Å². The number of amides is 3. The highest BCUT2D eigenvalue weighted by Gasteiger charge is 2.47. The zero-order chi connectivity index (χ0) is 30.9. The van der Waals surface area contributed by atoms with Crippen molar-refractivity contribution in [2.45, 2.75) is 57.2 Å². The number of hydrogen-bond donors (Lipinski definition) is 3. The molecule has 1 fully saturated rings. The van der Waals surface area contributed by atoms with Crippen molar-refractivity contribution in [1.82, 2.24) is 10.2 Å². The van der Waals surface area contributed by atoms with E-state index in [0.717, 1.165) is 22.9 Å². The predicted molar refractivity (Wildman–Crippen MR) is 173 cm³/mol. The monoisotopic (exact) mass is 686 g/mol. The van der Waals surface area contributed by atoms with Gasteiger partial charge in [-0.05, 0) is 81.6 Å². The molecule has 2 unspecified atom stereocenters. The van der Waals surface area contributed by atoms with E-state index in [1.54, 1.807) is 41.3 Å². The molecule has 0 bridgehead atoms. The Bertz CT molecular complexity index is 1580. The van der Waals surface area contributed by atoms with Crippen molar-refractivity contribution < 1.29 is 19.1 Å². The quantitative estimate of drug-likeness (QED) is 0.251. The first-order valence-corrected chi connectivity index (χ1v) is 15.6.